The molecule has 0 amide bonds. The van der Waals surface area contributed by atoms with E-state index in [9.17, 15) is 0 Å². The minimum atomic E-state index is 0.637. The lowest BCUT2D eigenvalue weighted by molar-refractivity contribution is 0.557. The van der Waals surface area contributed by atoms with Crippen LogP contribution in [0.4, 0.5) is 0 Å². The van der Waals surface area contributed by atoms with Gasteiger partial charge in [0.25, 0.3) is 0 Å². The van der Waals surface area contributed by atoms with Gasteiger partial charge < -0.3 is 0 Å². The fourth-order valence-electron chi connectivity index (χ4n) is 1.36. The molecule has 0 saturated heterocycles. The predicted octanol–water partition coefficient (Wildman–Crippen LogP) is 4.61. The fraction of sp³-hybridized carbons (Fsp3) is 1.00. The van der Waals surface area contributed by atoms with Crippen molar-refractivity contribution in [3.05, 3.63) is 0 Å². The van der Waals surface area contributed by atoms with Crippen molar-refractivity contribution in [1.82, 2.24) is 0 Å². The molecule has 0 aromatic heterocycles. The third kappa shape index (κ3) is 3.58. The first-order chi connectivity index (χ1) is 5.61. The normalized spacial score (nSPS) is 45.0. The Morgan fingerprint density at radius 3 is 0.833 bits per heavy atom. The van der Waals surface area contributed by atoms with Crippen LogP contribution in [-0.4, -0.2) is 19.3 Å². The Hall–Kier alpha value is 1.92. The summed E-state index contributed by atoms with van der Waals surface area (Å²) in [4.78, 5) is 2.55. The zero-order valence-electron chi connectivity index (χ0n) is 6.65. The Bertz CT molecular complexity index is 107. The highest BCUT2D eigenvalue weighted by molar-refractivity contribution is 9.12. The summed E-state index contributed by atoms with van der Waals surface area (Å²) < 4.78 is 0. The van der Waals surface area contributed by atoms with Crippen LogP contribution in [0.25, 0.3) is 0 Å². The van der Waals surface area contributed by atoms with Gasteiger partial charge in [0.1, 0.15) is 0 Å². The van der Waals surface area contributed by atoms with Gasteiger partial charge in [-0.2, -0.15) is 0 Å². The molecule has 0 nitrogen and oxygen atoms in total. The van der Waals surface area contributed by atoms with Crippen LogP contribution in [0.5, 0.6) is 0 Å². The molecule has 72 valence electrons. The topological polar surface area (TPSA) is 0 Å². The molecule has 0 radical (unpaired) electrons. The van der Waals surface area contributed by atoms with Crippen molar-refractivity contribution in [3.63, 3.8) is 0 Å². The molecule has 0 aromatic rings. The molecule has 0 aromatic carbocycles. The Labute approximate surface area is 108 Å². The van der Waals surface area contributed by atoms with Crippen LogP contribution < -0.4 is 0 Å². The van der Waals surface area contributed by atoms with Crippen LogP contribution in [0, 0.1) is 0 Å². The first kappa shape index (κ1) is 12.0. The highest BCUT2D eigenvalue weighted by Crippen LogP contribution is 2.33. The van der Waals surface area contributed by atoms with Gasteiger partial charge in [-0.15, -0.1) is 0 Å². The number of hydrogen-bond acceptors (Lipinski definition) is 0. The van der Waals surface area contributed by atoms with Gasteiger partial charge in [-0.1, -0.05) is 63.7 Å². The van der Waals surface area contributed by atoms with E-state index in [1.807, 2.05) is 0 Å². The summed E-state index contributed by atoms with van der Waals surface area (Å²) in [5.41, 5.74) is 0. The second kappa shape index (κ2) is 5.72. The summed E-state index contributed by atoms with van der Waals surface area (Å²) in [6.07, 6.45) is 4.98. The molecule has 0 aliphatic heterocycles. The predicted molar refractivity (Wildman–Crippen MR) is 69.3 cm³/mol. The van der Waals surface area contributed by atoms with Gasteiger partial charge in [0.15, 0.2) is 0 Å². The van der Waals surface area contributed by atoms with E-state index in [0.29, 0.717) is 19.3 Å². The summed E-state index contributed by atoms with van der Waals surface area (Å²) in [6, 6.07) is 0. The van der Waals surface area contributed by atoms with Gasteiger partial charge in [-0.25, -0.2) is 0 Å². The average molecular weight is 428 g/mol. The van der Waals surface area contributed by atoms with Gasteiger partial charge in [0.05, 0.1) is 0 Å². The number of hydrogen-bond donors (Lipinski definition) is 0. The van der Waals surface area contributed by atoms with Crippen LogP contribution >= 0.6 is 63.7 Å². The van der Waals surface area contributed by atoms with Crippen LogP contribution in [0.3, 0.4) is 0 Å². The highest BCUT2D eigenvalue weighted by atomic mass is 79.9. The molecule has 0 bridgehead atoms. The van der Waals surface area contributed by atoms with E-state index in [1.54, 1.807) is 0 Å². The van der Waals surface area contributed by atoms with Crippen molar-refractivity contribution in [3.8, 4) is 0 Å². The molecule has 0 spiro atoms. The monoisotopic (exact) mass is 424 g/mol. The van der Waals surface area contributed by atoms with Crippen molar-refractivity contribution < 1.29 is 0 Å². The standard InChI is InChI=1S/C8H12Br4/c9-5-1-2-6(10)8(12)4-3-7(5)11/h5-8H,1-4H2/t5-,6+,7+,8-. The maximum Gasteiger partial charge on any atom is 0.0271 e. The summed E-state index contributed by atoms with van der Waals surface area (Å²) >= 11 is 14.8. The first-order valence-corrected chi connectivity index (χ1v) is 7.84. The van der Waals surface area contributed by atoms with E-state index in [2.05, 4.69) is 63.7 Å². The summed E-state index contributed by atoms with van der Waals surface area (Å²) in [5.74, 6) is 0. The second-order valence-electron chi connectivity index (χ2n) is 3.22. The lowest BCUT2D eigenvalue weighted by atomic mass is 10.0. The Balaban J connectivity index is 2.45. The quantitative estimate of drug-likeness (QED) is 0.495. The number of alkyl halides is 4. The van der Waals surface area contributed by atoms with Gasteiger partial charge in [-0.3, -0.25) is 0 Å². The van der Waals surface area contributed by atoms with Crippen molar-refractivity contribution in [2.75, 3.05) is 0 Å². The molecule has 4 heteroatoms. The van der Waals surface area contributed by atoms with Crippen molar-refractivity contribution >= 4 is 63.7 Å². The minimum Gasteiger partial charge on any atom is -0.0879 e. The maximum atomic E-state index is 3.70. The van der Waals surface area contributed by atoms with Gasteiger partial charge in [-0.05, 0) is 25.7 Å². The minimum absolute atomic E-state index is 0.637. The number of rotatable bonds is 0. The fourth-order valence-corrected chi connectivity index (χ4v) is 3.47. The summed E-state index contributed by atoms with van der Waals surface area (Å²) in [6.45, 7) is 0. The number of halogens is 4. The molecule has 12 heavy (non-hydrogen) atoms. The maximum absolute atomic E-state index is 3.70. The molecular weight excluding hydrogens is 416 g/mol. The van der Waals surface area contributed by atoms with Crippen molar-refractivity contribution in [1.29, 1.82) is 0 Å². The zero-order chi connectivity index (χ0) is 9.14. The molecule has 0 N–H and O–H groups in total. The Morgan fingerprint density at radius 1 is 0.500 bits per heavy atom. The SMILES string of the molecule is Br[C@@H]1CC[C@H](Br)[C@H](Br)CC[C@@H]1Br. The van der Waals surface area contributed by atoms with Crippen LogP contribution in [-0.2, 0) is 0 Å². The molecule has 1 rings (SSSR count). The third-order valence-corrected chi connectivity index (χ3v) is 8.02. The smallest absolute Gasteiger partial charge is 0.0271 e. The molecule has 4 atom stereocenters. The molecule has 1 fully saturated rings. The van der Waals surface area contributed by atoms with Crippen molar-refractivity contribution in [2.45, 2.75) is 45.0 Å². The van der Waals surface area contributed by atoms with Gasteiger partial charge in [0.2, 0.25) is 0 Å². The highest BCUT2D eigenvalue weighted by Gasteiger charge is 2.25. The van der Waals surface area contributed by atoms with E-state index >= 15 is 0 Å². The van der Waals surface area contributed by atoms with Gasteiger partial charge >= 0.3 is 0 Å². The van der Waals surface area contributed by atoms with E-state index in [1.165, 1.54) is 25.7 Å². The van der Waals surface area contributed by atoms with Crippen molar-refractivity contribution in [2.24, 2.45) is 0 Å². The molecular formula is C8H12Br4. The molecule has 0 heterocycles. The largest absolute Gasteiger partial charge is 0.0879 e. The zero-order valence-corrected chi connectivity index (χ0v) is 13.0. The molecule has 1 aliphatic rings. The van der Waals surface area contributed by atoms with Crippen LogP contribution in [0.2, 0.25) is 0 Å². The molecule has 1 saturated carbocycles. The average Bonchev–Trinajstić information content (AvgIpc) is 2.07. The molecule has 0 unspecified atom stereocenters. The lowest BCUT2D eigenvalue weighted by Gasteiger charge is -2.25. The van der Waals surface area contributed by atoms with Crippen LogP contribution in [0.15, 0.2) is 0 Å². The summed E-state index contributed by atoms with van der Waals surface area (Å²) in [5, 5.41) is 0. The van der Waals surface area contributed by atoms with E-state index in [-0.39, 0.29) is 0 Å². The Morgan fingerprint density at radius 2 is 0.667 bits per heavy atom. The van der Waals surface area contributed by atoms with E-state index < -0.39 is 0 Å². The lowest BCUT2D eigenvalue weighted by Crippen LogP contribution is -2.25. The van der Waals surface area contributed by atoms with Crippen LogP contribution in [0.1, 0.15) is 25.7 Å². The van der Waals surface area contributed by atoms with Gasteiger partial charge in [0, 0.05) is 19.3 Å². The first-order valence-electron chi connectivity index (χ1n) is 4.17. The Kier molecular flexibility index (Phi) is 5.71. The summed E-state index contributed by atoms with van der Waals surface area (Å²) in [7, 11) is 0. The third-order valence-electron chi connectivity index (χ3n) is 2.22. The second-order valence-corrected chi connectivity index (χ2v) is 7.92. The van der Waals surface area contributed by atoms with E-state index in [4.69, 9.17) is 0 Å². The van der Waals surface area contributed by atoms with E-state index in [0.717, 1.165) is 0 Å². The molecule has 1 aliphatic carbocycles.